The molecular formula is C9H15ClN2O. The van der Waals surface area contributed by atoms with Crippen LogP contribution in [0.4, 0.5) is 0 Å². The number of alkyl halides is 1. The maximum absolute atomic E-state index is 5.62. The third kappa shape index (κ3) is 3.79. The summed E-state index contributed by atoms with van der Waals surface area (Å²) in [5.74, 6) is 0.470. The van der Waals surface area contributed by atoms with Crippen molar-refractivity contribution in [1.82, 2.24) is 9.55 Å². The fourth-order valence-corrected chi connectivity index (χ4v) is 1.13. The smallest absolute Gasteiger partial charge is 0.0950 e. The van der Waals surface area contributed by atoms with Crippen molar-refractivity contribution < 1.29 is 4.74 Å². The fourth-order valence-electron chi connectivity index (χ4n) is 0.992. The fraction of sp³-hybridized carbons (Fsp3) is 0.667. The molecule has 1 aromatic rings. The second-order valence-corrected chi connectivity index (χ2v) is 3.42. The molecule has 0 atom stereocenters. The highest BCUT2D eigenvalue weighted by molar-refractivity contribution is 6.16. The number of rotatable bonds is 5. The average Bonchev–Trinajstić information content (AvgIpc) is 2.52. The van der Waals surface area contributed by atoms with E-state index in [1.165, 1.54) is 0 Å². The number of aromatic nitrogens is 2. The van der Waals surface area contributed by atoms with Crippen molar-refractivity contribution in [2.24, 2.45) is 0 Å². The topological polar surface area (TPSA) is 27.1 Å². The largest absolute Gasteiger partial charge is 0.377 e. The van der Waals surface area contributed by atoms with Gasteiger partial charge in [-0.3, -0.25) is 0 Å². The van der Waals surface area contributed by atoms with Crippen molar-refractivity contribution in [3.05, 3.63) is 18.2 Å². The first-order valence-corrected chi connectivity index (χ1v) is 4.94. The summed E-state index contributed by atoms with van der Waals surface area (Å²) in [7, 11) is 0. The number of imidazole rings is 1. The number of hydrogen-bond donors (Lipinski definition) is 0. The molecule has 0 radical (unpaired) electrons. The highest BCUT2D eigenvalue weighted by atomic mass is 35.5. The van der Waals surface area contributed by atoms with Gasteiger partial charge in [0.25, 0.3) is 0 Å². The molecule has 1 heterocycles. The van der Waals surface area contributed by atoms with Crippen LogP contribution in [0.2, 0.25) is 0 Å². The van der Waals surface area contributed by atoms with E-state index in [1.54, 1.807) is 6.33 Å². The Labute approximate surface area is 83.7 Å². The SMILES string of the molecule is CC(C)OCCn1cnc(CCl)c1. The molecule has 1 rings (SSSR count). The summed E-state index contributed by atoms with van der Waals surface area (Å²) >= 11 is 5.62. The van der Waals surface area contributed by atoms with Crippen molar-refractivity contribution in [2.75, 3.05) is 6.61 Å². The second kappa shape index (κ2) is 5.25. The Morgan fingerprint density at radius 1 is 1.62 bits per heavy atom. The molecule has 0 aromatic carbocycles. The molecule has 0 aliphatic carbocycles. The van der Waals surface area contributed by atoms with Crippen molar-refractivity contribution in [1.29, 1.82) is 0 Å². The number of hydrogen-bond acceptors (Lipinski definition) is 2. The monoisotopic (exact) mass is 202 g/mol. The van der Waals surface area contributed by atoms with Crippen LogP contribution in [0.1, 0.15) is 19.5 Å². The molecule has 4 heteroatoms. The molecule has 0 aliphatic heterocycles. The molecule has 3 nitrogen and oxygen atoms in total. The molecule has 0 amide bonds. The summed E-state index contributed by atoms with van der Waals surface area (Å²) in [6.07, 6.45) is 4.01. The van der Waals surface area contributed by atoms with Crippen molar-refractivity contribution in [3.63, 3.8) is 0 Å². The van der Waals surface area contributed by atoms with Crippen LogP contribution >= 0.6 is 11.6 Å². The molecule has 0 bridgehead atoms. The lowest BCUT2D eigenvalue weighted by molar-refractivity contribution is 0.0727. The Kier molecular flexibility index (Phi) is 4.25. The molecule has 0 N–H and O–H groups in total. The molecule has 0 fully saturated rings. The molecule has 13 heavy (non-hydrogen) atoms. The maximum Gasteiger partial charge on any atom is 0.0950 e. The summed E-state index contributed by atoms with van der Waals surface area (Å²) in [5, 5.41) is 0. The lowest BCUT2D eigenvalue weighted by Gasteiger charge is -2.07. The number of halogens is 1. The molecule has 0 aliphatic rings. The van der Waals surface area contributed by atoms with Crippen LogP contribution in [-0.4, -0.2) is 22.3 Å². The highest BCUT2D eigenvalue weighted by Gasteiger charge is 1.97. The van der Waals surface area contributed by atoms with Gasteiger partial charge < -0.3 is 9.30 Å². The van der Waals surface area contributed by atoms with Gasteiger partial charge in [-0.2, -0.15) is 0 Å². The van der Waals surface area contributed by atoms with Gasteiger partial charge in [-0.1, -0.05) is 0 Å². The zero-order chi connectivity index (χ0) is 9.68. The molecule has 0 spiro atoms. The second-order valence-electron chi connectivity index (χ2n) is 3.16. The van der Waals surface area contributed by atoms with Crippen LogP contribution in [0.3, 0.4) is 0 Å². The zero-order valence-electron chi connectivity index (χ0n) is 8.03. The highest BCUT2D eigenvalue weighted by Crippen LogP contribution is 2.00. The van der Waals surface area contributed by atoms with Gasteiger partial charge in [-0.05, 0) is 13.8 Å². The van der Waals surface area contributed by atoms with Crippen molar-refractivity contribution in [3.8, 4) is 0 Å². The van der Waals surface area contributed by atoms with Gasteiger partial charge >= 0.3 is 0 Å². The van der Waals surface area contributed by atoms with E-state index in [2.05, 4.69) is 4.98 Å². The summed E-state index contributed by atoms with van der Waals surface area (Å²) in [5.41, 5.74) is 0.909. The van der Waals surface area contributed by atoms with E-state index < -0.39 is 0 Å². The van der Waals surface area contributed by atoms with Gasteiger partial charge in [0.2, 0.25) is 0 Å². The Hall–Kier alpha value is -0.540. The van der Waals surface area contributed by atoms with Gasteiger partial charge in [0, 0.05) is 12.7 Å². The lowest BCUT2D eigenvalue weighted by Crippen LogP contribution is -2.09. The zero-order valence-corrected chi connectivity index (χ0v) is 8.79. The van der Waals surface area contributed by atoms with Crippen LogP contribution in [0, 0.1) is 0 Å². The van der Waals surface area contributed by atoms with Crippen molar-refractivity contribution >= 4 is 11.6 Å². The Balaban J connectivity index is 2.28. The van der Waals surface area contributed by atoms with Gasteiger partial charge in [0.15, 0.2) is 0 Å². The minimum Gasteiger partial charge on any atom is -0.377 e. The molecule has 0 saturated heterocycles. The van der Waals surface area contributed by atoms with Crippen LogP contribution in [0.15, 0.2) is 12.5 Å². The third-order valence-electron chi connectivity index (χ3n) is 1.62. The van der Waals surface area contributed by atoms with E-state index >= 15 is 0 Å². The van der Waals surface area contributed by atoms with Gasteiger partial charge in [0.1, 0.15) is 0 Å². The molecule has 74 valence electrons. The van der Waals surface area contributed by atoms with Gasteiger partial charge in [-0.15, -0.1) is 11.6 Å². The molecule has 0 unspecified atom stereocenters. The number of nitrogens with zero attached hydrogens (tertiary/aromatic N) is 2. The van der Waals surface area contributed by atoms with Crippen LogP contribution < -0.4 is 0 Å². The first-order valence-electron chi connectivity index (χ1n) is 4.40. The molecule has 0 saturated carbocycles. The van der Waals surface area contributed by atoms with Crippen LogP contribution in [0.25, 0.3) is 0 Å². The molecular weight excluding hydrogens is 188 g/mol. The minimum atomic E-state index is 0.288. The lowest BCUT2D eigenvalue weighted by atomic mass is 10.5. The Bertz CT molecular complexity index is 248. The average molecular weight is 203 g/mol. The quantitative estimate of drug-likeness (QED) is 0.684. The first-order chi connectivity index (χ1) is 6.22. The Morgan fingerprint density at radius 3 is 2.92 bits per heavy atom. The van der Waals surface area contributed by atoms with Crippen LogP contribution in [-0.2, 0) is 17.2 Å². The van der Waals surface area contributed by atoms with E-state index in [1.807, 2.05) is 24.6 Å². The minimum absolute atomic E-state index is 0.288. The summed E-state index contributed by atoms with van der Waals surface area (Å²) in [6, 6.07) is 0. The van der Waals surface area contributed by atoms with E-state index in [0.29, 0.717) is 5.88 Å². The summed E-state index contributed by atoms with van der Waals surface area (Å²) in [4.78, 5) is 4.11. The summed E-state index contributed by atoms with van der Waals surface area (Å²) in [6.45, 7) is 5.61. The van der Waals surface area contributed by atoms with E-state index in [4.69, 9.17) is 16.3 Å². The molecule has 1 aromatic heterocycles. The number of ether oxygens (including phenoxy) is 1. The maximum atomic E-state index is 5.62. The third-order valence-corrected chi connectivity index (χ3v) is 1.90. The van der Waals surface area contributed by atoms with Crippen molar-refractivity contribution in [2.45, 2.75) is 32.4 Å². The first kappa shape index (κ1) is 10.5. The predicted octanol–water partition coefficient (Wildman–Crippen LogP) is 2.05. The van der Waals surface area contributed by atoms with Gasteiger partial charge in [-0.25, -0.2) is 4.98 Å². The van der Waals surface area contributed by atoms with Gasteiger partial charge in [0.05, 0.1) is 30.6 Å². The van der Waals surface area contributed by atoms with E-state index in [0.717, 1.165) is 18.8 Å². The normalized spacial score (nSPS) is 11.1. The van der Waals surface area contributed by atoms with E-state index in [9.17, 15) is 0 Å². The Morgan fingerprint density at radius 2 is 2.38 bits per heavy atom. The van der Waals surface area contributed by atoms with Crippen LogP contribution in [0.5, 0.6) is 0 Å². The standard InChI is InChI=1S/C9H15ClN2O/c1-8(2)13-4-3-12-6-9(5-10)11-7-12/h6-8H,3-5H2,1-2H3. The predicted molar refractivity (Wildman–Crippen MR) is 52.9 cm³/mol. The summed E-state index contributed by atoms with van der Waals surface area (Å²) < 4.78 is 7.39. The van der Waals surface area contributed by atoms with E-state index in [-0.39, 0.29) is 6.10 Å².